The first-order chi connectivity index (χ1) is 4.76. The first-order valence-corrected chi connectivity index (χ1v) is 3.69. The van der Waals surface area contributed by atoms with E-state index in [1.165, 1.54) is 0 Å². The van der Waals surface area contributed by atoms with Crippen LogP contribution in [0.4, 0.5) is 0 Å². The van der Waals surface area contributed by atoms with Crippen LogP contribution in [0.25, 0.3) is 0 Å². The molecule has 0 saturated carbocycles. The minimum atomic E-state index is -0.270. The Labute approximate surface area is 63.1 Å². The van der Waals surface area contributed by atoms with Crippen LogP contribution in [-0.4, -0.2) is 11.2 Å². The zero-order valence-corrected chi connectivity index (χ0v) is 6.75. The highest BCUT2D eigenvalue weighted by molar-refractivity contribution is 4.98. The summed E-state index contributed by atoms with van der Waals surface area (Å²) in [5.74, 6) is 0.120. The highest BCUT2D eigenvalue weighted by Gasteiger charge is 2.08. The van der Waals surface area contributed by atoms with Gasteiger partial charge < -0.3 is 5.11 Å². The average molecular weight is 140 g/mol. The van der Waals surface area contributed by atoms with Crippen LogP contribution in [0.3, 0.4) is 0 Å². The van der Waals surface area contributed by atoms with Crippen molar-refractivity contribution in [2.45, 2.75) is 26.4 Å². The minimum Gasteiger partial charge on any atom is -0.392 e. The van der Waals surface area contributed by atoms with Gasteiger partial charge in [0.25, 0.3) is 0 Å². The standard InChI is InChI=1S/C9H16O/c1-4-7-8(5-2)9(10)6-3/h4-5,7-10H,2,6H2,1,3H3/b7-4+/t8-,9-/m1/s1. The van der Waals surface area contributed by atoms with Crippen molar-refractivity contribution in [1.29, 1.82) is 0 Å². The summed E-state index contributed by atoms with van der Waals surface area (Å²) in [4.78, 5) is 0. The molecular formula is C9H16O. The lowest BCUT2D eigenvalue weighted by atomic mass is 10.0. The Hall–Kier alpha value is -0.560. The normalized spacial score (nSPS) is 17.1. The Morgan fingerprint density at radius 3 is 2.50 bits per heavy atom. The van der Waals surface area contributed by atoms with Crippen LogP contribution >= 0.6 is 0 Å². The van der Waals surface area contributed by atoms with E-state index in [4.69, 9.17) is 0 Å². The molecule has 0 rings (SSSR count). The molecule has 0 bridgehead atoms. The van der Waals surface area contributed by atoms with Gasteiger partial charge in [0.1, 0.15) is 0 Å². The lowest BCUT2D eigenvalue weighted by molar-refractivity contribution is 0.145. The summed E-state index contributed by atoms with van der Waals surface area (Å²) in [5.41, 5.74) is 0. The fourth-order valence-electron chi connectivity index (χ4n) is 0.858. The molecule has 0 aliphatic heterocycles. The molecule has 0 aromatic rings. The summed E-state index contributed by atoms with van der Waals surface area (Å²) in [7, 11) is 0. The fraction of sp³-hybridized carbons (Fsp3) is 0.556. The van der Waals surface area contributed by atoms with Crippen molar-refractivity contribution < 1.29 is 5.11 Å². The topological polar surface area (TPSA) is 20.2 Å². The molecule has 0 aliphatic rings. The molecule has 0 radical (unpaired) electrons. The molecule has 1 nitrogen and oxygen atoms in total. The predicted octanol–water partition coefficient (Wildman–Crippen LogP) is 2.14. The van der Waals surface area contributed by atoms with Crippen molar-refractivity contribution in [1.82, 2.24) is 0 Å². The largest absolute Gasteiger partial charge is 0.392 e. The first kappa shape index (κ1) is 9.44. The molecule has 0 amide bonds. The van der Waals surface area contributed by atoms with Gasteiger partial charge in [0.15, 0.2) is 0 Å². The third kappa shape index (κ3) is 2.83. The van der Waals surface area contributed by atoms with Crippen molar-refractivity contribution in [3.8, 4) is 0 Å². The summed E-state index contributed by atoms with van der Waals surface area (Å²) >= 11 is 0. The van der Waals surface area contributed by atoms with Crippen molar-refractivity contribution in [2.24, 2.45) is 5.92 Å². The molecule has 0 saturated heterocycles. The maximum absolute atomic E-state index is 9.33. The fourth-order valence-corrected chi connectivity index (χ4v) is 0.858. The van der Waals surface area contributed by atoms with E-state index in [2.05, 4.69) is 6.58 Å². The number of allylic oxidation sites excluding steroid dienone is 1. The van der Waals surface area contributed by atoms with E-state index in [0.29, 0.717) is 0 Å². The Balaban J connectivity index is 3.92. The van der Waals surface area contributed by atoms with Crippen LogP contribution in [0, 0.1) is 5.92 Å². The molecule has 1 N–H and O–H groups in total. The number of rotatable bonds is 4. The second kappa shape index (κ2) is 5.24. The van der Waals surface area contributed by atoms with Gasteiger partial charge in [0, 0.05) is 5.92 Å². The SMILES string of the molecule is C=C[C@H](/C=C/C)[C@H](O)CC. The Morgan fingerprint density at radius 2 is 2.20 bits per heavy atom. The van der Waals surface area contributed by atoms with Crippen LogP contribution in [-0.2, 0) is 0 Å². The van der Waals surface area contributed by atoms with Gasteiger partial charge in [-0.25, -0.2) is 0 Å². The van der Waals surface area contributed by atoms with E-state index in [1.54, 1.807) is 6.08 Å². The van der Waals surface area contributed by atoms with Gasteiger partial charge in [0.05, 0.1) is 6.10 Å². The smallest absolute Gasteiger partial charge is 0.0634 e. The molecule has 0 aromatic heterocycles. The van der Waals surface area contributed by atoms with E-state index in [9.17, 15) is 5.11 Å². The summed E-state index contributed by atoms with van der Waals surface area (Å²) in [6.07, 6.45) is 6.18. The van der Waals surface area contributed by atoms with Gasteiger partial charge in [-0.2, -0.15) is 0 Å². The van der Waals surface area contributed by atoms with Crippen LogP contribution in [0.1, 0.15) is 20.3 Å². The molecule has 0 heterocycles. The molecule has 2 atom stereocenters. The third-order valence-corrected chi connectivity index (χ3v) is 1.55. The van der Waals surface area contributed by atoms with Crippen LogP contribution < -0.4 is 0 Å². The van der Waals surface area contributed by atoms with E-state index in [0.717, 1.165) is 6.42 Å². The van der Waals surface area contributed by atoms with Crippen molar-refractivity contribution >= 4 is 0 Å². The summed E-state index contributed by atoms with van der Waals surface area (Å²) in [6.45, 7) is 7.54. The van der Waals surface area contributed by atoms with E-state index in [1.807, 2.05) is 26.0 Å². The summed E-state index contributed by atoms with van der Waals surface area (Å²) < 4.78 is 0. The summed E-state index contributed by atoms with van der Waals surface area (Å²) in [5, 5.41) is 9.33. The highest BCUT2D eigenvalue weighted by Crippen LogP contribution is 2.09. The molecule has 1 heteroatoms. The van der Waals surface area contributed by atoms with Crippen LogP contribution in [0.2, 0.25) is 0 Å². The Kier molecular flexibility index (Phi) is 4.95. The second-order valence-corrected chi connectivity index (χ2v) is 2.31. The third-order valence-electron chi connectivity index (χ3n) is 1.55. The number of aliphatic hydroxyl groups excluding tert-OH is 1. The minimum absolute atomic E-state index is 0.120. The first-order valence-electron chi connectivity index (χ1n) is 3.69. The van der Waals surface area contributed by atoms with E-state index < -0.39 is 0 Å². The van der Waals surface area contributed by atoms with Crippen molar-refractivity contribution in [3.05, 3.63) is 24.8 Å². The van der Waals surface area contributed by atoms with Gasteiger partial charge >= 0.3 is 0 Å². The zero-order valence-electron chi connectivity index (χ0n) is 6.75. The molecule has 10 heavy (non-hydrogen) atoms. The lowest BCUT2D eigenvalue weighted by Gasteiger charge is -2.12. The number of hydrogen-bond donors (Lipinski definition) is 1. The highest BCUT2D eigenvalue weighted by atomic mass is 16.3. The molecule has 0 fully saturated rings. The molecule has 0 spiro atoms. The molecule has 0 unspecified atom stereocenters. The van der Waals surface area contributed by atoms with Crippen molar-refractivity contribution in [3.63, 3.8) is 0 Å². The van der Waals surface area contributed by atoms with Gasteiger partial charge in [-0.15, -0.1) is 6.58 Å². The molecule has 0 aromatic carbocycles. The molecular weight excluding hydrogens is 124 g/mol. The van der Waals surface area contributed by atoms with Crippen molar-refractivity contribution in [2.75, 3.05) is 0 Å². The van der Waals surface area contributed by atoms with E-state index >= 15 is 0 Å². The second-order valence-electron chi connectivity index (χ2n) is 2.31. The van der Waals surface area contributed by atoms with Gasteiger partial charge in [0.2, 0.25) is 0 Å². The van der Waals surface area contributed by atoms with Crippen LogP contribution in [0.5, 0.6) is 0 Å². The van der Waals surface area contributed by atoms with Gasteiger partial charge in [-0.1, -0.05) is 25.2 Å². The molecule has 0 aliphatic carbocycles. The average Bonchev–Trinajstić information content (AvgIpc) is 1.99. The van der Waals surface area contributed by atoms with Gasteiger partial charge in [-0.3, -0.25) is 0 Å². The van der Waals surface area contributed by atoms with Gasteiger partial charge in [-0.05, 0) is 13.3 Å². The molecule has 58 valence electrons. The van der Waals surface area contributed by atoms with E-state index in [-0.39, 0.29) is 12.0 Å². The maximum atomic E-state index is 9.33. The Morgan fingerprint density at radius 1 is 1.60 bits per heavy atom. The van der Waals surface area contributed by atoms with Crippen LogP contribution in [0.15, 0.2) is 24.8 Å². The lowest BCUT2D eigenvalue weighted by Crippen LogP contribution is -2.14. The summed E-state index contributed by atoms with van der Waals surface area (Å²) in [6, 6.07) is 0. The Bertz CT molecular complexity index is 116. The number of hydrogen-bond acceptors (Lipinski definition) is 1. The number of aliphatic hydroxyl groups is 1. The monoisotopic (exact) mass is 140 g/mol. The quantitative estimate of drug-likeness (QED) is 0.593. The zero-order chi connectivity index (χ0) is 7.98. The maximum Gasteiger partial charge on any atom is 0.0634 e. The predicted molar refractivity (Wildman–Crippen MR) is 44.8 cm³/mol.